The van der Waals surface area contributed by atoms with Gasteiger partial charge in [0.1, 0.15) is 0 Å². The van der Waals surface area contributed by atoms with E-state index >= 15 is 0 Å². The third kappa shape index (κ3) is 3.45. The zero-order valence-corrected chi connectivity index (χ0v) is 12.7. The molecule has 21 heavy (non-hydrogen) atoms. The second-order valence-electron chi connectivity index (χ2n) is 5.56. The Morgan fingerprint density at radius 2 is 2.19 bits per heavy atom. The van der Waals surface area contributed by atoms with Gasteiger partial charge < -0.3 is 5.32 Å². The fourth-order valence-corrected chi connectivity index (χ4v) is 2.75. The molecular formula is C16H18ClN3O. The zero-order valence-electron chi connectivity index (χ0n) is 11.9. The summed E-state index contributed by atoms with van der Waals surface area (Å²) in [6.45, 7) is 0.661. The van der Waals surface area contributed by atoms with Crippen molar-refractivity contribution in [1.82, 2.24) is 15.1 Å². The Labute approximate surface area is 129 Å². The second kappa shape index (κ2) is 5.90. The first kappa shape index (κ1) is 14.1. The quantitative estimate of drug-likeness (QED) is 0.922. The molecule has 2 aromatic rings. The van der Waals surface area contributed by atoms with Crippen molar-refractivity contribution < 1.29 is 4.79 Å². The standard InChI is InChI=1S/C16H18ClN3O/c1-20-10-11(9-19-20)6-7-18-16(21)15-8-14(15)12-2-4-13(17)5-3-12/h2-5,9-10,14-15H,6-8H2,1H3,(H,18,21). The van der Waals surface area contributed by atoms with Gasteiger partial charge in [-0.15, -0.1) is 0 Å². The Morgan fingerprint density at radius 1 is 1.43 bits per heavy atom. The van der Waals surface area contributed by atoms with Gasteiger partial charge >= 0.3 is 0 Å². The number of nitrogens with zero attached hydrogens (tertiary/aromatic N) is 2. The number of aromatic nitrogens is 2. The van der Waals surface area contributed by atoms with Gasteiger partial charge in [-0.2, -0.15) is 5.10 Å². The highest BCUT2D eigenvalue weighted by atomic mass is 35.5. The number of rotatable bonds is 5. The second-order valence-corrected chi connectivity index (χ2v) is 6.00. The summed E-state index contributed by atoms with van der Waals surface area (Å²) < 4.78 is 1.77. The van der Waals surface area contributed by atoms with Crippen LogP contribution in [0.4, 0.5) is 0 Å². The molecule has 5 heteroatoms. The molecule has 0 bridgehead atoms. The molecular weight excluding hydrogens is 286 g/mol. The van der Waals surface area contributed by atoms with E-state index in [1.807, 2.05) is 43.7 Å². The number of benzene rings is 1. The van der Waals surface area contributed by atoms with Crippen LogP contribution >= 0.6 is 11.6 Å². The number of aryl methyl sites for hydroxylation is 1. The van der Waals surface area contributed by atoms with Crippen molar-refractivity contribution in [3.8, 4) is 0 Å². The van der Waals surface area contributed by atoms with Crippen LogP contribution in [0.5, 0.6) is 0 Å². The van der Waals surface area contributed by atoms with Gasteiger partial charge in [0.25, 0.3) is 0 Å². The molecule has 1 heterocycles. The average molecular weight is 304 g/mol. The maximum absolute atomic E-state index is 12.1. The van der Waals surface area contributed by atoms with Crippen LogP contribution in [-0.4, -0.2) is 22.2 Å². The summed E-state index contributed by atoms with van der Waals surface area (Å²) in [6.07, 6.45) is 5.55. The van der Waals surface area contributed by atoms with Gasteiger partial charge in [0.2, 0.25) is 5.91 Å². The number of nitrogens with one attached hydrogen (secondary N) is 1. The van der Waals surface area contributed by atoms with E-state index in [1.165, 1.54) is 5.56 Å². The Morgan fingerprint density at radius 3 is 2.86 bits per heavy atom. The van der Waals surface area contributed by atoms with Crippen molar-refractivity contribution >= 4 is 17.5 Å². The van der Waals surface area contributed by atoms with Crippen molar-refractivity contribution in [2.45, 2.75) is 18.8 Å². The summed E-state index contributed by atoms with van der Waals surface area (Å²) in [5, 5.41) is 7.86. The molecule has 1 aromatic carbocycles. The normalized spacial score (nSPS) is 20.3. The minimum absolute atomic E-state index is 0.111. The lowest BCUT2D eigenvalue weighted by molar-refractivity contribution is -0.122. The van der Waals surface area contributed by atoms with E-state index in [0.29, 0.717) is 12.5 Å². The molecule has 0 spiro atoms. The summed E-state index contributed by atoms with van der Waals surface area (Å²) in [6, 6.07) is 7.78. The van der Waals surface area contributed by atoms with Gasteiger partial charge in [0.05, 0.1) is 6.20 Å². The smallest absolute Gasteiger partial charge is 0.223 e. The van der Waals surface area contributed by atoms with Crippen molar-refractivity contribution in [3.05, 3.63) is 52.8 Å². The highest BCUT2D eigenvalue weighted by Gasteiger charge is 2.43. The molecule has 4 nitrogen and oxygen atoms in total. The Hall–Kier alpha value is -1.81. The van der Waals surface area contributed by atoms with Crippen LogP contribution < -0.4 is 5.32 Å². The number of halogens is 1. The molecule has 0 aliphatic heterocycles. The molecule has 2 unspecified atom stereocenters. The maximum atomic E-state index is 12.1. The first-order valence-electron chi connectivity index (χ1n) is 7.14. The van der Waals surface area contributed by atoms with Crippen LogP contribution in [-0.2, 0) is 18.3 Å². The van der Waals surface area contributed by atoms with E-state index in [9.17, 15) is 4.79 Å². The summed E-state index contributed by atoms with van der Waals surface area (Å²) in [5.74, 6) is 0.611. The summed E-state index contributed by atoms with van der Waals surface area (Å²) in [5.41, 5.74) is 2.34. The molecule has 1 N–H and O–H groups in total. The third-order valence-electron chi connectivity index (χ3n) is 3.90. The predicted molar refractivity (Wildman–Crippen MR) is 82.2 cm³/mol. The van der Waals surface area contributed by atoms with Crippen LogP contribution in [0, 0.1) is 5.92 Å². The number of carbonyl (C=O) groups excluding carboxylic acids is 1. The zero-order chi connectivity index (χ0) is 14.8. The minimum atomic E-state index is 0.111. The van der Waals surface area contributed by atoms with Crippen LogP contribution in [0.3, 0.4) is 0 Å². The van der Waals surface area contributed by atoms with Gasteiger partial charge in [-0.1, -0.05) is 23.7 Å². The molecule has 0 saturated heterocycles. The highest BCUT2D eigenvalue weighted by molar-refractivity contribution is 6.30. The molecule has 1 saturated carbocycles. The molecule has 2 atom stereocenters. The first-order valence-corrected chi connectivity index (χ1v) is 7.52. The van der Waals surface area contributed by atoms with E-state index in [1.54, 1.807) is 4.68 Å². The molecule has 110 valence electrons. The minimum Gasteiger partial charge on any atom is -0.356 e. The summed E-state index contributed by atoms with van der Waals surface area (Å²) >= 11 is 5.88. The van der Waals surface area contributed by atoms with E-state index in [4.69, 9.17) is 11.6 Å². The summed E-state index contributed by atoms with van der Waals surface area (Å²) in [4.78, 5) is 12.1. The lowest BCUT2D eigenvalue weighted by atomic mass is 10.1. The van der Waals surface area contributed by atoms with E-state index in [-0.39, 0.29) is 11.8 Å². The van der Waals surface area contributed by atoms with Gasteiger partial charge in [-0.25, -0.2) is 0 Å². The molecule has 1 amide bonds. The van der Waals surface area contributed by atoms with E-state index in [2.05, 4.69) is 10.4 Å². The maximum Gasteiger partial charge on any atom is 0.223 e. The van der Waals surface area contributed by atoms with E-state index < -0.39 is 0 Å². The monoisotopic (exact) mass is 303 g/mol. The molecule has 1 aliphatic rings. The van der Waals surface area contributed by atoms with Crippen molar-refractivity contribution in [3.63, 3.8) is 0 Å². The van der Waals surface area contributed by atoms with Crippen LogP contribution in [0.2, 0.25) is 5.02 Å². The average Bonchev–Trinajstić information content (AvgIpc) is 3.16. The number of amides is 1. The molecule has 1 aliphatic carbocycles. The molecule has 0 radical (unpaired) electrons. The largest absolute Gasteiger partial charge is 0.356 e. The Balaban J connectivity index is 1.46. The van der Waals surface area contributed by atoms with Crippen molar-refractivity contribution in [2.75, 3.05) is 6.54 Å². The predicted octanol–water partition coefficient (Wildman–Crippen LogP) is 2.54. The number of hydrogen-bond donors (Lipinski definition) is 1. The summed E-state index contributed by atoms with van der Waals surface area (Å²) in [7, 11) is 1.89. The lowest BCUT2D eigenvalue weighted by Crippen LogP contribution is -2.27. The topological polar surface area (TPSA) is 46.9 Å². The SMILES string of the molecule is Cn1cc(CCNC(=O)C2CC2c2ccc(Cl)cc2)cn1. The molecule has 3 rings (SSSR count). The van der Waals surface area contributed by atoms with Crippen molar-refractivity contribution in [1.29, 1.82) is 0 Å². The van der Waals surface area contributed by atoms with Gasteiger partial charge in [0, 0.05) is 30.7 Å². The highest BCUT2D eigenvalue weighted by Crippen LogP contribution is 2.47. The molecule has 1 fully saturated rings. The van der Waals surface area contributed by atoms with Gasteiger partial charge in [-0.05, 0) is 42.0 Å². The fourth-order valence-electron chi connectivity index (χ4n) is 2.63. The van der Waals surface area contributed by atoms with Crippen LogP contribution in [0.15, 0.2) is 36.7 Å². The van der Waals surface area contributed by atoms with Crippen molar-refractivity contribution in [2.24, 2.45) is 13.0 Å². The lowest BCUT2D eigenvalue weighted by Gasteiger charge is -2.04. The molecule has 1 aromatic heterocycles. The Kier molecular flexibility index (Phi) is 3.97. The number of carbonyl (C=O) groups is 1. The van der Waals surface area contributed by atoms with Gasteiger partial charge in [0.15, 0.2) is 0 Å². The number of hydrogen-bond acceptors (Lipinski definition) is 2. The first-order chi connectivity index (χ1) is 10.1. The Bertz CT molecular complexity index is 635. The fraction of sp³-hybridized carbons (Fsp3) is 0.375. The van der Waals surface area contributed by atoms with Crippen LogP contribution in [0.25, 0.3) is 0 Å². The van der Waals surface area contributed by atoms with E-state index in [0.717, 1.165) is 23.4 Å². The van der Waals surface area contributed by atoms with Crippen LogP contribution in [0.1, 0.15) is 23.5 Å². The third-order valence-corrected chi connectivity index (χ3v) is 4.15. The van der Waals surface area contributed by atoms with Gasteiger partial charge in [-0.3, -0.25) is 9.48 Å².